The molecule has 0 bridgehead atoms. The third-order valence-electron chi connectivity index (χ3n) is 2.76. The van der Waals surface area contributed by atoms with E-state index in [1.807, 2.05) is 26.5 Å². The van der Waals surface area contributed by atoms with Gasteiger partial charge in [0.15, 0.2) is 0 Å². The second-order valence-corrected chi connectivity index (χ2v) is 4.54. The van der Waals surface area contributed by atoms with Gasteiger partial charge >= 0.3 is 0 Å². The molecule has 0 amide bonds. The first-order valence-electron chi connectivity index (χ1n) is 5.74. The van der Waals surface area contributed by atoms with Gasteiger partial charge in [-0.15, -0.1) is 0 Å². The maximum absolute atomic E-state index is 12.9. The molecule has 0 saturated heterocycles. The van der Waals surface area contributed by atoms with Crippen molar-refractivity contribution in [2.75, 3.05) is 12.8 Å². The van der Waals surface area contributed by atoms with E-state index in [4.69, 9.17) is 5.73 Å². The fourth-order valence-electron chi connectivity index (χ4n) is 1.92. The third kappa shape index (κ3) is 3.07. The number of hydrogen-bond acceptors (Lipinski definition) is 3. The Morgan fingerprint density at radius 3 is 2.78 bits per heavy atom. The molecule has 2 aromatic rings. The predicted molar refractivity (Wildman–Crippen MR) is 69.2 cm³/mol. The number of aromatic nitrogens is 2. The molecular weight excluding hydrogens is 231 g/mol. The first kappa shape index (κ1) is 12.6. The summed E-state index contributed by atoms with van der Waals surface area (Å²) in [5.74, 6) is -0.300. The molecule has 0 aliphatic heterocycles. The van der Waals surface area contributed by atoms with Crippen LogP contribution in [0.4, 0.5) is 10.1 Å². The van der Waals surface area contributed by atoms with Crippen molar-refractivity contribution in [2.45, 2.75) is 13.1 Å². The van der Waals surface area contributed by atoms with Crippen molar-refractivity contribution >= 4 is 5.69 Å². The fraction of sp³-hybridized carbons (Fsp3) is 0.308. The highest BCUT2D eigenvalue weighted by Crippen LogP contribution is 2.16. The van der Waals surface area contributed by atoms with Gasteiger partial charge in [-0.2, -0.15) is 5.10 Å². The summed E-state index contributed by atoms with van der Waals surface area (Å²) in [7, 11) is 3.89. The zero-order valence-corrected chi connectivity index (χ0v) is 10.6. The molecule has 0 atom stereocenters. The van der Waals surface area contributed by atoms with E-state index in [9.17, 15) is 4.39 Å². The molecule has 4 nitrogen and oxygen atoms in total. The molecule has 0 aliphatic carbocycles. The van der Waals surface area contributed by atoms with Gasteiger partial charge in [0.2, 0.25) is 0 Å². The summed E-state index contributed by atoms with van der Waals surface area (Å²) in [5, 5.41) is 4.12. The average molecular weight is 248 g/mol. The number of nitrogen functional groups attached to an aromatic ring is 1. The summed E-state index contributed by atoms with van der Waals surface area (Å²) in [6.07, 6.45) is 3.81. The zero-order chi connectivity index (χ0) is 13.1. The van der Waals surface area contributed by atoms with Crippen molar-refractivity contribution in [1.82, 2.24) is 14.7 Å². The van der Waals surface area contributed by atoms with Crippen molar-refractivity contribution < 1.29 is 4.39 Å². The van der Waals surface area contributed by atoms with Gasteiger partial charge in [-0.25, -0.2) is 4.39 Å². The number of hydrogen-bond donors (Lipinski definition) is 1. The number of halogens is 1. The van der Waals surface area contributed by atoms with E-state index in [0.717, 1.165) is 17.7 Å². The van der Waals surface area contributed by atoms with Crippen molar-refractivity contribution in [3.8, 4) is 0 Å². The van der Waals surface area contributed by atoms with Gasteiger partial charge in [0.05, 0.1) is 6.20 Å². The Bertz CT molecular complexity index is 536. The topological polar surface area (TPSA) is 47.1 Å². The molecule has 1 aromatic heterocycles. The van der Waals surface area contributed by atoms with Crippen molar-refractivity contribution in [2.24, 2.45) is 7.05 Å². The minimum absolute atomic E-state index is 0.300. The largest absolute Gasteiger partial charge is 0.398 e. The molecule has 0 aliphatic rings. The lowest BCUT2D eigenvalue weighted by molar-refractivity contribution is 0.319. The lowest BCUT2D eigenvalue weighted by Gasteiger charge is -2.16. The maximum Gasteiger partial charge on any atom is 0.125 e. The van der Waals surface area contributed by atoms with Gasteiger partial charge in [0.25, 0.3) is 0 Å². The molecule has 0 fully saturated rings. The Hall–Kier alpha value is -1.88. The molecule has 2 rings (SSSR count). The van der Waals surface area contributed by atoms with E-state index in [0.29, 0.717) is 12.2 Å². The molecule has 0 unspecified atom stereocenters. The molecule has 96 valence electrons. The Balaban J connectivity index is 2.00. The van der Waals surface area contributed by atoms with E-state index in [1.165, 1.54) is 12.1 Å². The van der Waals surface area contributed by atoms with Crippen LogP contribution in [0, 0.1) is 5.82 Å². The zero-order valence-electron chi connectivity index (χ0n) is 10.6. The summed E-state index contributed by atoms with van der Waals surface area (Å²) in [6, 6.07) is 4.52. The van der Waals surface area contributed by atoms with Crippen LogP contribution in [0.2, 0.25) is 0 Å². The van der Waals surface area contributed by atoms with Gasteiger partial charge in [0, 0.05) is 37.6 Å². The second kappa shape index (κ2) is 5.18. The molecule has 18 heavy (non-hydrogen) atoms. The number of rotatable bonds is 4. The monoisotopic (exact) mass is 248 g/mol. The summed E-state index contributed by atoms with van der Waals surface area (Å²) >= 11 is 0. The van der Waals surface area contributed by atoms with Crippen LogP contribution in [0.1, 0.15) is 11.1 Å². The highest BCUT2D eigenvalue weighted by molar-refractivity contribution is 5.46. The normalized spacial score (nSPS) is 11.1. The van der Waals surface area contributed by atoms with E-state index in [2.05, 4.69) is 10.00 Å². The maximum atomic E-state index is 12.9. The van der Waals surface area contributed by atoms with E-state index in [1.54, 1.807) is 10.7 Å². The van der Waals surface area contributed by atoms with Gasteiger partial charge in [-0.05, 0) is 24.7 Å². The molecule has 2 N–H and O–H groups in total. The summed E-state index contributed by atoms with van der Waals surface area (Å²) in [5.41, 5.74) is 8.35. The van der Waals surface area contributed by atoms with E-state index in [-0.39, 0.29) is 5.82 Å². The minimum atomic E-state index is -0.300. The predicted octanol–water partition coefficient (Wildman–Crippen LogP) is 1.77. The lowest BCUT2D eigenvalue weighted by atomic mass is 10.1. The second-order valence-electron chi connectivity index (χ2n) is 4.54. The van der Waals surface area contributed by atoms with E-state index >= 15 is 0 Å². The Kier molecular flexibility index (Phi) is 3.62. The highest BCUT2D eigenvalue weighted by Gasteiger charge is 2.06. The van der Waals surface area contributed by atoms with E-state index < -0.39 is 0 Å². The first-order chi connectivity index (χ1) is 8.54. The Morgan fingerprint density at radius 1 is 1.39 bits per heavy atom. The van der Waals surface area contributed by atoms with Gasteiger partial charge < -0.3 is 5.73 Å². The fourth-order valence-corrected chi connectivity index (χ4v) is 1.92. The van der Waals surface area contributed by atoms with Crippen molar-refractivity contribution in [1.29, 1.82) is 0 Å². The van der Waals surface area contributed by atoms with Crippen LogP contribution >= 0.6 is 0 Å². The van der Waals surface area contributed by atoms with Crippen molar-refractivity contribution in [3.63, 3.8) is 0 Å². The number of benzene rings is 1. The highest BCUT2D eigenvalue weighted by atomic mass is 19.1. The van der Waals surface area contributed by atoms with Gasteiger partial charge in [-0.1, -0.05) is 6.07 Å². The Morgan fingerprint density at radius 2 is 2.17 bits per heavy atom. The number of nitrogens with zero attached hydrogens (tertiary/aromatic N) is 3. The summed E-state index contributed by atoms with van der Waals surface area (Å²) < 4.78 is 14.7. The molecule has 0 radical (unpaired) electrons. The van der Waals surface area contributed by atoms with Crippen LogP contribution in [0.15, 0.2) is 30.6 Å². The summed E-state index contributed by atoms with van der Waals surface area (Å²) in [6.45, 7) is 1.46. The number of anilines is 1. The molecule has 5 heteroatoms. The standard InChI is InChI=1S/C13H17FN4/c1-17(7-10-6-16-18(2)8-10)9-11-3-4-12(14)5-13(11)15/h3-6,8H,7,9,15H2,1-2H3. The molecule has 1 aromatic carbocycles. The first-order valence-corrected chi connectivity index (χ1v) is 5.74. The molecule has 0 spiro atoms. The smallest absolute Gasteiger partial charge is 0.125 e. The Labute approximate surface area is 106 Å². The molecule has 0 saturated carbocycles. The van der Waals surface area contributed by atoms with Crippen LogP contribution in [-0.2, 0) is 20.1 Å². The van der Waals surface area contributed by atoms with Crippen LogP contribution in [0.3, 0.4) is 0 Å². The van der Waals surface area contributed by atoms with Crippen LogP contribution in [0.25, 0.3) is 0 Å². The van der Waals surface area contributed by atoms with Crippen LogP contribution in [0.5, 0.6) is 0 Å². The lowest BCUT2D eigenvalue weighted by Crippen LogP contribution is -2.17. The SMILES string of the molecule is CN(Cc1cnn(C)c1)Cc1ccc(F)cc1N. The minimum Gasteiger partial charge on any atom is -0.398 e. The number of aryl methyl sites for hydroxylation is 1. The van der Waals surface area contributed by atoms with Crippen molar-refractivity contribution in [3.05, 3.63) is 47.5 Å². The molecular formula is C13H17FN4. The number of nitrogens with two attached hydrogens (primary N) is 1. The van der Waals surface area contributed by atoms with Crippen LogP contribution in [-0.4, -0.2) is 21.7 Å². The van der Waals surface area contributed by atoms with Gasteiger partial charge in [-0.3, -0.25) is 9.58 Å². The van der Waals surface area contributed by atoms with Gasteiger partial charge in [0.1, 0.15) is 5.82 Å². The van der Waals surface area contributed by atoms with Crippen LogP contribution < -0.4 is 5.73 Å². The quantitative estimate of drug-likeness (QED) is 0.839. The summed E-state index contributed by atoms with van der Waals surface area (Å²) in [4.78, 5) is 2.11. The average Bonchev–Trinajstić information content (AvgIpc) is 2.68. The third-order valence-corrected chi connectivity index (χ3v) is 2.76. The molecule has 1 heterocycles.